The molecule has 0 aliphatic rings. The molecule has 0 heterocycles. The van der Waals surface area contributed by atoms with Gasteiger partial charge >= 0.3 is 5.97 Å². The molecule has 0 fully saturated rings. The average Bonchev–Trinajstić information content (AvgIpc) is 2.52. The molecule has 0 aromatic heterocycles. The van der Waals surface area contributed by atoms with Gasteiger partial charge in [-0.1, -0.05) is 0 Å². The highest BCUT2D eigenvalue weighted by molar-refractivity contribution is 5.92. The van der Waals surface area contributed by atoms with E-state index in [0.29, 0.717) is 0 Å². The molecule has 26 heavy (non-hydrogen) atoms. The zero-order valence-corrected chi connectivity index (χ0v) is 14.5. The highest BCUT2D eigenvalue weighted by Crippen LogP contribution is 2.01. The number of primary amides is 1. The number of rotatable bonds is 11. The Balaban J connectivity index is 4.95. The summed E-state index contributed by atoms with van der Waals surface area (Å²) in [6.45, 7) is 2.11. The lowest BCUT2D eigenvalue weighted by molar-refractivity contribution is -0.145. The zero-order chi connectivity index (χ0) is 20.4. The van der Waals surface area contributed by atoms with Crippen LogP contribution in [-0.4, -0.2) is 70.6 Å². The van der Waals surface area contributed by atoms with Gasteiger partial charge in [0.1, 0.15) is 6.04 Å². The lowest BCUT2D eigenvalue weighted by Crippen LogP contribution is -2.56. The molecule has 4 atom stereocenters. The number of aliphatic hydroxyl groups excluding tert-OH is 1. The van der Waals surface area contributed by atoms with Crippen LogP contribution in [0.2, 0.25) is 0 Å². The Morgan fingerprint density at radius 2 is 1.62 bits per heavy atom. The van der Waals surface area contributed by atoms with Crippen LogP contribution in [0.5, 0.6) is 0 Å². The third-order valence-electron chi connectivity index (χ3n) is 3.21. The third-order valence-corrected chi connectivity index (χ3v) is 3.21. The molecule has 0 aliphatic heterocycles. The van der Waals surface area contributed by atoms with E-state index in [1.54, 1.807) is 0 Å². The Kier molecular flexibility index (Phi) is 9.84. The lowest BCUT2D eigenvalue weighted by Gasteiger charge is -2.22. The van der Waals surface area contributed by atoms with E-state index >= 15 is 0 Å². The molecule has 4 unspecified atom stereocenters. The smallest absolute Gasteiger partial charge is 0.328 e. The number of nitrogens with one attached hydrogen (secondary N) is 3. The van der Waals surface area contributed by atoms with Crippen molar-refractivity contribution in [1.82, 2.24) is 16.0 Å². The standard InChI is InChI=1S/C14H25N5O7/c1-6(15)12(23)17-5-10(22)18-8(3-4-9(16)21)13(24)19-11(7(2)20)14(25)26/h6-8,11,20H,3-5,15H2,1-2H3,(H2,16,21)(H,17,23)(H,18,22)(H,19,24)(H,25,26). The molecule has 4 amide bonds. The van der Waals surface area contributed by atoms with Gasteiger partial charge in [0, 0.05) is 6.42 Å². The van der Waals surface area contributed by atoms with Crippen molar-refractivity contribution in [3.05, 3.63) is 0 Å². The van der Waals surface area contributed by atoms with Crippen molar-refractivity contribution >= 4 is 29.6 Å². The minimum atomic E-state index is -1.60. The van der Waals surface area contributed by atoms with Gasteiger partial charge in [-0.2, -0.15) is 0 Å². The molecule has 12 nitrogen and oxygen atoms in total. The minimum absolute atomic E-state index is 0.194. The molecule has 0 saturated heterocycles. The summed E-state index contributed by atoms with van der Waals surface area (Å²) in [4.78, 5) is 57.3. The van der Waals surface area contributed by atoms with Crippen LogP contribution >= 0.6 is 0 Å². The van der Waals surface area contributed by atoms with Gasteiger partial charge in [-0.05, 0) is 20.3 Å². The number of carbonyl (C=O) groups excluding carboxylic acids is 4. The predicted octanol–water partition coefficient (Wildman–Crippen LogP) is -3.85. The summed E-state index contributed by atoms with van der Waals surface area (Å²) in [6.07, 6.45) is -1.84. The van der Waals surface area contributed by atoms with Crippen molar-refractivity contribution < 1.29 is 34.2 Å². The second-order valence-corrected chi connectivity index (χ2v) is 5.70. The van der Waals surface area contributed by atoms with Crippen LogP contribution < -0.4 is 27.4 Å². The van der Waals surface area contributed by atoms with Crippen LogP contribution in [0.15, 0.2) is 0 Å². The van der Waals surface area contributed by atoms with Gasteiger partial charge in [0.15, 0.2) is 6.04 Å². The number of aliphatic carboxylic acids is 1. The molecule has 0 radical (unpaired) electrons. The Hall–Kier alpha value is -2.73. The van der Waals surface area contributed by atoms with E-state index in [2.05, 4.69) is 16.0 Å². The van der Waals surface area contributed by atoms with Crippen LogP contribution in [0.1, 0.15) is 26.7 Å². The summed E-state index contributed by atoms with van der Waals surface area (Å²) in [6, 6.07) is -3.73. The zero-order valence-electron chi connectivity index (χ0n) is 14.5. The number of aliphatic hydroxyl groups is 1. The van der Waals surface area contributed by atoms with Crippen LogP contribution in [0.25, 0.3) is 0 Å². The fourth-order valence-electron chi connectivity index (χ4n) is 1.77. The van der Waals surface area contributed by atoms with Gasteiger partial charge in [-0.3, -0.25) is 19.2 Å². The Morgan fingerprint density at radius 3 is 2.04 bits per heavy atom. The molecule has 0 aromatic carbocycles. The van der Waals surface area contributed by atoms with E-state index in [1.807, 2.05) is 0 Å². The quantitative estimate of drug-likeness (QED) is 0.189. The average molecular weight is 375 g/mol. The van der Waals surface area contributed by atoms with E-state index in [0.717, 1.165) is 0 Å². The Bertz CT molecular complexity index is 550. The molecular formula is C14H25N5O7. The first-order valence-electron chi connectivity index (χ1n) is 7.77. The molecular weight excluding hydrogens is 350 g/mol. The third kappa shape index (κ3) is 8.94. The second-order valence-electron chi connectivity index (χ2n) is 5.70. The fourth-order valence-corrected chi connectivity index (χ4v) is 1.77. The molecule has 0 saturated carbocycles. The summed E-state index contributed by atoms with van der Waals surface area (Å²) in [7, 11) is 0. The number of amides is 4. The van der Waals surface area contributed by atoms with Crippen molar-refractivity contribution in [3.63, 3.8) is 0 Å². The van der Waals surface area contributed by atoms with E-state index < -0.39 is 60.4 Å². The number of hydrogen-bond donors (Lipinski definition) is 7. The second kappa shape index (κ2) is 11.0. The van der Waals surface area contributed by atoms with Crippen LogP contribution in [-0.2, 0) is 24.0 Å². The molecule has 9 N–H and O–H groups in total. The highest BCUT2D eigenvalue weighted by atomic mass is 16.4. The maximum atomic E-state index is 12.2. The maximum Gasteiger partial charge on any atom is 0.328 e. The van der Waals surface area contributed by atoms with Crippen LogP contribution in [0, 0.1) is 0 Å². The van der Waals surface area contributed by atoms with E-state index in [4.69, 9.17) is 16.6 Å². The summed E-state index contributed by atoms with van der Waals surface area (Å²) in [5.41, 5.74) is 10.3. The molecule has 0 rings (SSSR count). The van der Waals surface area contributed by atoms with Crippen LogP contribution in [0.3, 0.4) is 0 Å². The first-order chi connectivity index (χ1) is 12.0. The SMILES string of the molecule is CC(N)C(=O)NCC(=O)NC(CCC(N)=O)C(=O)NC(C(=O)O)C(C)O. The van der Waals surface area contributed by atoms with Crippen molar-refractivity contribution in [2.24, 2.45) is 11.5 Å². The summed E-state index contributed by atoms with van der Waals surface area (Å²) in [5, 5.41) is 24.9. The Morgan fingerprint density at radius 1 is 1.04 bits per heavy atom. The van der Waals surface area contributed by atoms with Gasteiger partial charge in [0.25, 0.3) is 0 Å². The number of carbonyl (C=O) groups is 5. The maximum absolute atomic E-state index is 12.2. The summed E-state index contributed by atoms with van der Waals surface area (Å²) < 4.78 is 0. The molecule has 0 aliphatic carbocycles. The molecule has 148 valence electrons. The first-order valence-corrected chi connectivity index (χ1v) is 7.77. The number of hydrogen-bond acceptors (Lipinski definition) is 7. The van der Waals surface area contributed by atoms with Crippen molar-refractivity contribution in [2.45, 2.75) is 50.9 Å². The largest absolute Gasteiger partial charge is 0.480 e. The number of carboxylic acid groups (broad SMARTS) is 1. The minimum Gasteiger partial charge on any atom is -0.480 e. The van der Waals surface area contributed by atoms with Gasteiger partial charge in [0.2, 0.25) is 23.6 Å². The van der Waals surface area contributed by atoms with Gasteiger partial charge < -0.3 is 37.6 Å². The first kappa shape index (κ1) is 23.3. The van der Waals surface area contributed by atoms with E-state index in [-0.39, 0.29) is 12.8 Å². The Labute approximate surface area is 149 Å². The fraction of sp³-hybridized carbons (Fsp3) is 0.643. The normalized spacial score (nSPS) is 15.1. The van der Waals surface area contributed by atoms with Crippen LogP contribution in [0.4, 0.5) is 0 Å². The highest BCUT2D eigenvalue weighted by Gasteiger charge is 2.29. The van der Waals surface area contributed by atoms with Crippen molar-refractivity contribution in [1.29, 1.82) is 0 Å². The summed E-state index contributed by atoms with van der Waals surface area (Å²) in [5.74, 6) is -4.47. The monoisotopic (exact) mass is 375 g/mol. The van der Waals surface area contributed by atoms with Gasteiger partial charge in [0.05, 0.1) is 18.7 Å². The van der Waals surface area contributed by atoms with E-state index in [1.165, 1.54) is 13.8 Å². The number of carboxylic acids is 1. The topological polar surface area (TPSA) is 214 Å². The lowest BCUT2D eigenvalue weighted by atomic mass is 10.1. The number of nitrogens with two attached hydrogens (primary N) is 2. The molecule has 12 heteroatoms. The van der Waals surface area contributed by atoms with E-state index in [9.17, 15) is 29.1 Å². The van der Waals surface area contributed by atoms with Crippen molar-refractivity contribution in [2.75, 3.05) is 6.54 Å². The molecule has 0 aromatic rings. The predicted molar refractivity (Wildman–Crippen MR) is 88.3 cm³/mol. The summed E-state index contributed by atoms with van der Waals surface area (Å²) >= 11 is 0. The molecule has 0 spiro atoms. The molecule has 0 bridgehead atoms. The van der Waals surface area contributed by atoms with Crippen molar-refractivity contribution in [3.8, 4) is 0 Å². The van der Waals surface area contributed by atoms with Gasteiger partial charge in [-0.15, -0.1) is 0 Å². The van der Waals surface area contributed by atoms with Gasteiger partial charge in [-0.25, -0.2) is 4.79 Å².